The molecular formula is C13H19ClO2. The average molecular weight is 243 g/mol. The highest BCUT2D eigenvalue weighted by Crippen LogP contribution is 2.23. The molecule has 0 saturated heterocycles. The minimum Gasteiger partial charge on any atom is -0.492 e. The fourth-order valence-electron chi connectivity index (χ4n) is 1.63. The minimum atomic E-state index is 0.518. The maximum absolute atomic E-state index is 5.60. The summed E-state index contributed by atoms with van der Waals surface area (Å²) in [7, 11) is 1.72. The average Bonchev–Trinajstić information content (AvgIpc) is 2.28. The second-order valence-electron chi connectivity index (χ2n) is 3.82. The van der Waals surface area contributed by atoms with Crippen LogP contribution in [-0.2, 0) is 11.2 Å². The molecule has 1 aromatic rings. The molecule has 0 saturated carbocycles. The summed E-state index contributed by atoms with van der Waals surface area (Å²) < 4.78 is 10.7. The van der Waals surface area contributed by atoms with Crippen molar-refractivity contribution in [2.75, 3.05) is 26.2 Å². The van der Waals surface area contributed by atoms with Gasteiger partial charge in [0.2, 0.25) is 0 Å². The quantitative estimate of drug-likeness (QED) is 0.714. The molecule has 0 amide bonds. The van der Waals surface area contributed by atoms with Crippen LogP contribution >= 0.6 is 11.6 Å². The van der Waals surface area contributed by atoms with E-state index in [0.717, 1.165) is 24.3 Å². The number of aryl methyl sites for hydroxylation is 2. The van der Waals surface area contributed by atoms with Crippen molar-refractivity contribution in [3.05, 3.63) is 28.8 Å². The molecule has 16 heavy (non-hydrogen) atoms. The van der Waals surface area contributed by atoms with Gasteiger partial charge in [-0.05, 0) is 43.0 Å². The Kier molecular flexibility index (Phi) is 5.64. The number of methoxy groups -OCH3 is 1. The van der Waals surface area contributed by atoms with Crippen LogP contribution in [0.4, 0.5) is 0 Å². The molecule has 0 aromatic heterocycles. The summed E-state index contributed by atoms with van der Waals surface area (Å²) in [5, 5.41) is 0. The minimum absolute atomic E-state index is 0.518. The standard InChI is InChI=1S/C13H19ClO2/c1-10-9-13(16-7-5-14)11(2)8-12(10)4-6-15-3/h8-9H,4-7H2,1-3H3. The Morgan fingerprint density at radius 3 is 2.50 bits per heavy atom. The molecule has 1 aromatic carbocycles. The normalized spacial score (nSPS) is 10.5. The fraction of sp³-hybridized carbons (Fsp3) is 0.538. The zero-order chi connectivity index (χ0) is 12.0. The third-order valence-electron chi connectivity index (χ3n) is 2.54. The first-order valence-electron chi connectivity index (χ1n) is 5.47. The predicted octanol–water partition coefficient (Wildman–Crippen LogP) is 3.11. The van der Waals surface area contributed by atoms with E-state index in [1.54, 1.807) is 7.11 Å². The first-order chi connectivity index (χ1) is 7.69. The van der Waals surface area contributed by atoms with Crippen molar-refractivity contribution < 1.29 is 9.47 Å². The van der Waals surface area contributed by atoms with Crippen molar-refractivity contribution in [3.63, 3.8) is 0 Å². The van der Waals surface area contributed by atoms with Gasteiger partial charge in [0.25, 0.3) is 0 Å². The Balaban J connectivity index is 2.79. The lowest BCUT2D eigenvalue weighted by atomic mass is 10.0. The van der Waals surface area contributed by atoms with E-state index in [1.165, 1.54) is 11.1 Å². The third kappa shape index (κ3) is 3.69. The van der Waals surface area contributed by atoms with Crippen LogP contribution in [0.5, 0.6) is 5.75 Å². The molecule has 0 radical (unpaired) electrons. The van der Waals surface area contributed by atoms with Gasteiger partial charge in [0.05, 0.1) is 12.5 Å². The third-order valence-corrected chi connectivity index (χ3v) is 2.70. The van der Waals surface area contributed by atoms with Crippen LogP contribution in [0.2, 0.25) is 0 Å². The second-order valence-corrected chi connectivity index (χ2v) is 4.20. The highest BCUT2D eigenvalue weighted by atomic mass is 35.5. The van der Waals surface area contributed by atoms with Crippen molar-refractivity contribution in [1.29, 1.82) is 0 Å². The van der Waals surface area contributed by atoms with E-state index in [-0.39, 0.29) is 0 Å². The Morgan fingerprint density at radius 2 is 1.88 bits per heavy atom. The molecular weight excluding hydrogens is 224 g/mol. The highest BCUT2D eigenvalue weighted by Gasteiger charge is 2.05. The summed E-state index contributed by atoms with van der Waals surface area (Å²) in [6.45, 7) is 5.46. The zero-order valence-electron chi connectivity index (χ0n) is 10.2. The monoisotopic (exact) mass is 242 g/mol. The molecule has 0 spiro atoms. The zero-order valence-corrected chi connectivity index (χ0v) is 10.9. The van der Waals surface area contributed by atoms with Crippen LogP contribution in [0.25, 0.3) is 0 Å². The van der Waals surface area contributed by atoms with E-state index in [9.17, 15) is 0 Å². The molecule has 90 valence electrons. The number of hydrogen-bond acceptors (Lipinski definition) is 2. The fourth-order valence-corrected chi connectivity index (χ4v) is 1.71. The van der Waals surface area contributed by atoms with Crippen molar-refractivity contribution in [1.82, 2.24) is 0 Å². The second kappa shape index (κ2) is 6.77. The molecule has 0 fully saturated rings. The van der Waals surface area contributed by atoms with Crippen molar-refractivity contribution in [2.24, 2.45) is 0 Å². The largest absolute Gasteiger partial charge is 0.492 e. The number of hydrogen-bond donors (Lipinski definition) is 0. The van der Waals surface area contributed by atoms with E-state index >= 15 is 0 Å². The molecule has 0 aliphatic rings. The van der Waals surface area contributed by atoms with Gasteiger partial charge in [0.1, 0.15) is 12.4 Å². The van der Waals surface area contributed by atoms with Crippen LogP contribution < -0.4 is 4.74 Å². The van der Waals surface area contributed by atoms with E-state index in [4.69, 9.17) is 21.1 Å². The van der Waals surface area contributed by atoms with Gasteiger partial charge in [-0.3, -0.25) is 0 Å². The van der Waals surface area contributed by atoms with E-state index in [2.05, 4.69) is 26.0 Å². The number of alkyl halides is 1. The number of ether oxygens (including phenoxy) is 2. The Bertz CT molecular complexity index is 303. The van der Waals surface area contributed by atoms with Gasteiger partial charge in [-0.15, -0.1) is 11.6 Å². The van der Waals surface area contributed by atoms with Crippen molar-refractivity contribution in [2.45, 2.75) is 20.3 Å². The van der Waals surface area contributed by atoms with Gasteiger partial charge >= 0.3 is 0 Å². The number of benzene rings is 1. The summed E-state index contributed by atoms with van der Waals surface area (Å²) >= 11 is 5.60. The Hall–Kier alpha value is -0.730. The molecule has 2 nitrogen and oxygen atoms in total. The molecule has 3 heteroatoms. The van der Waals surface area contributed by atoms with Crippen LogP contribution in [0.15, 0.2) is 12.1 Å². The molecule has 0 aliphatic heterocycles. The van der Waals surface area contributed by atoms with Gasteiger partial charge in [0, 0.05) is 7.11 Å². The molecule has 0 unspecified atom stereocenters. The van der Waals surface area contributed by atoms with Crippen LogP contribution in [0, 0.1) is 13.8 Å². The molecule has 0 heterocycles. The Morgan fingerprint density at radius 1 is 1.12 bits per heavy atom. The van der Waals surface area contributed by atoms with Crippen molar-refractivity contribution >= 4 is 11.6 Å². The maximum Gasteiger partial charge on any atom is 0.122 e. The smallest absolute Gasteiger partial charge is 0.122 e. The van der Waals surface area contributed by atoms with Gasteiger partial charge in [-0.25, -0.2) is 0 Å². The van der Waals surface area contributed by atoms with E-state index < -0.39 is 0 Å². The van der Waals surface area contributed by atoms with Crippen molar-refractivity contribution in [3.8, 4) is 5.75 Å². The Labute approximate surface area is 103 Å². The van der Waals surface area contributed by atoms with Crippen LogP contribution in [-0.4, -0.2) is 26.2 Å². The number of halogens is 1. The maximum atomic E-state index is 5.60. The van der Waals surface area contributed by atoms with Crippen LogP contribution in [0.1, 0.15) is 16.7 Å². The van der Waals surface area contributed by atoms with Crippen LogP contribution in [0.3, 0.4) is 0 Å². The lowest BCUT2D eigenvalue weighted by Crippen LogP contribution is -2.03. The highest BCUT2D eigenvalue weighted by molar-refractivity contribution is 6.18. The van der Waals surface area contributed by atoms with E-state index in [1.807, 2.05) is 0 Å². The molecule has 1 rings (SSSR count). The molecule has 0 aliphatic carbocycles. The van der Waals surface area contributed by atoms with Gasteiger partial charge in [-0.1, -0.05) is 6.07 Å². The molecule has 0 bridgehead atoms. The predicted molar refractivity (Wildman–Crippen MR) is 67.7 cm³/mol. The lowest BCUT2D eigenvalue weighted by molar-refractivity contribution is 0.202. The summed E-state index contributed by atoms with van der Waals surface area (Å²) in [5.74, 6) is 1.45. The van der Waals surface area contributed by atoms with E-state index in [0.29, 0.717) is 12.5 Å². The first kappa shape index (κ1) is 13.3. The summed E-state index contributed by atoms with van der Waals surface area (Å²) in [6.07, 6.45) is 0.943. The summed E-state index contributed by atoms with van der Waals surface area (Å²) in [4.78, 5) is 0. The topological polar surface area (TPSA) is 18.5 Å². The summed E-state index contributed by atoms with van der Waals surface area (Å²) in [6, 6.07) is 4.24. The first-order valence-corrected chi connectivity index (χ1v) is 6.00. The molecule has 0 N–H and O–H groups in total. The van der Waals surface area contributed by atoms with Gasteiger partial charge in [0.15, 0.2) is 0 Å². The van der Waals surface area contributed by atoms with Gasteiger partial charge < -0.3 is 9.47 Å². The molecule has 0 atom stereocenters. The van der Waals surface area contributed by atoms with Gasteiger partial charge in [-0.2, -0.15) is 0 Å². The summed E-state index contributed by atoms with van der Waals surface area (Å²) in [5.41, 5.74) is 3.71. The lowest BCUT2D eigenvalue weighted by Gasteiger charge is -2.12. The SMILES string of the molecule is COCCc1cc(C)c(OCCCl)cc1C. The number of rotatable bonds is 6.